The van der Waals surface area contributed by atoms with Gasteiger partial charge in [0.2, 0.25) is 0 Å². The van der Waals surface area contributed by atoms with E-state index in [0.717, 1.165) is 0 Å². The molecule has 2 nitrogen and oxygen atoms in total. The first-order chi connectivity index (χ1) is 3.27. The monoisotopic (exact) mass is 118 g/mol. The van der Waals surface area contributed by atoms with Crippen LogP contribution in [0.25, 0.3) is 0 Å². The van der Waals surface area contributed by atoms with Crippen LogP contribution in [0.2, 0.25) is 0 Å². The molecule has 7 heavy (non-hydrogen) atoms. The Hall–Kier alpha value is -0.150. The van der Waals surface area contributed by atoms with Crippen molar-refractivity contribution in [3.8, 4) is 0 Å². The van der Waals surface area contributed by atoms with Crippen LogP contribution in [-0.2, 0) is 0 Å². The highest BCUT2D eigenvalue weighted by molar-refractivity contribution is 7.80. The zero-order valence-corrected chi connectivity index (χ0v) is 5.04. The smallest absolute Gasteiger partial charge is 0.0390 e. The fourth-order valence-corrected chi connectivity index (χ4v) is 0.328. The Morgan fingerprint density at radius 2 is 2.43 bits per heavy atom. The van der Waals surface area contributed by atoms with Gasteiger partial charge in [-0.1, -0.05) is 6.58 Å². The molecule has 0 fully saturated rings. The van der Waals surface area contributed by atoms with Crippen molar-refractivity contribution in [3.63, 3.8) is 0 Å². The van der Waals surface area contributed by atoms with Crippen LogP contribution < -0.4 is 11.1 Å². The Balaban J connectivity index is 2.82. The maximum atomic E-state index is 5.19. The zero-order chi connectivity index (χ0) is 5.70. The summed E-state index contributed by atoms with van der Waals surface area (Å²) < 4.78 is 0. The molecule has 3 heteroatoms. The summed E-state index contributed by atoms with van der Waals surface area (Å²) >= 11 is 3.89. The lowest BCUT2D eigenvalue weighted by Crippen LogP contribution is -2.18. The number of hydrogen-bond acceptors (Lipinski definition) is 3. The predicted molar refractivity (Wildman–Crippen MR) is 35.2 cm³/mol. The average Bonchev–Trinajstić information content (AvgIpc) is 1.61. The summed E-state index contributed by atoms with van der Waals surface area (Å²) in [5.74, 6) is 0.649. The van der Waals surface area contributed by atoms with E-state index in [4.69, 9.17) is 5.73 Å². The van der Waals surface area contributed by atoms with Gasteiger partial charge in [-0.15, -0.1) is 0 Å². The first-order valence-electron chi connectivity index (χ1n) is 2.02. The zero-order valence-electron chi connectivity index (χ0n) is 4.15. The van der Waals surface area contributed by atoms with E-state index in [1.165, 1.54) is 0 Å². The molecule has 0 saturated heterocycles. The van der Waals surface area contributed by atoms with Crippen LogP contribution in [0.5, 0.6) is 0 Å². The third-order valence-electron chi connectivity index (χ3n) is 0.464. The van der Waals surface area contributed by atoms with Gasteiger partial charge in [-0.05, 0) is 0 Å². The Kier molecular flexibility index (Phi) is 3.93. The highest BCUT2D eigenvalue weighted by atomic mass is 32.1. The second-order valence-corrected chi connectivity index (χ2v) is 1.56. The van der Waals surface area contributed by atoms with E-state index in [1.807, 2.05) is 0 Å². The van der Waals surface area contributed by atoms with Gasteiger partial charge in [0, 0.05) is 18.1 Å². The van der Waals surface area contributed by atoms with Crippen molar-refractivity contribution in [2.75, 3.05) is 12.4 Å². The fourth-order valence-electron chi connectivity index (χ4n) is 0.216. The predicted octanol–water partition coefficient (Wildman–Crippen LogP) is -0.0643. The summed E-state index contributed by atoms with van der Waals surface area (Å²) in [5.41, 5.74) is 5.83. The van der Waals surface area contributed by atoms with Gasteiger partial charge < -0.3 is 11.1 Å². The van der Waals surface area contributed by atoms with Gasteiger partial charge in [0.05, 0.1) is 0 Å². The second-order valence-electron chi connectivity index (χ2n) is 1.24. The van der Waals surface area contributed by atoms with Gasteiger partial charge in [-0.2, -0.15) is 12.6 Å². The molecule has 0 amide bonds. The SMILES string of the molecule is C=C(N)CNCS. The normalized spacial score (nSPS) is 8.71. The molecule has 0 bridgehead atoms. The minimum absolute atomic E-state index is 0.647. The van der Waals surface area contributed by atoms with Crippen LogP contribution in [0.1, 0.15) is 0 Å². The average molecular weight is 118 g/mol. The summed E-state index contributed by atoms with van der Waals surface area (Å²) in [6, 6.07) is 0. The van der Waals surface area contributed by atoms with E-state index in [9.17, 15) is 0 Å². The quantitative estimate of drug-likeness (QED) is 0.358. The van der Waals surface area contributed by atoms with Gasteiger partial charge in [0.15, 0.2) is 0 Å². The van der Waals surface area contributed by atoms with E-state index in [2.05, 4.69) is 24.5 Å². The molecule has 42 valence electrons. The Morgan fingerprint density at radius 1 is 1.86 bits per heavy atom. The molecular weight excluding hydrogens is 108 g/mol. The second kappa shape index (κ2) is 4.02. The molecule has 0 unspecified atom stereocenters. The Labute approximate surface area is 49.2 Å². The Morgan fingerprint density at radius 3 is 2.57 bits per heavy atom. The van der Waals surface area contributed by atoms with Gasteiger partial charge in [-0.25, -0.2) is 0 Å². The third-order valence-corrected chi connectivity index (χ3v) is 0.687. The molecule has 0 rings (SSSR count). The molecule has 0 heterocycles. The third kappa shape index (κ3) is 5.85. The molecule has 0 aromatic heterocycles. The van der Waals surface area contributed by atoms with E-state index in [0.29, 0.717) is 18.1 Å². The summed E-state index contributed by atoms with van der Waals surface area (Å²) in [5, 5.41) is 2.89. The van der Waals surface area contributed by atoms with Crippen LogP contribution in [0.4, 0.5) is 0 Å². The molecule has 0 aliphatic carbocycles. The first kappa shape index (κ1) is 6.85. The van der Waals surface area contributed by atoms with Crippen LogP contribution in [0, 0.1) is 0 Å². The first-order valence-corrected chi connectivity index (χ1v) is 2.65. The lowest BCUT2D eigenvalue weighted by molar-refractivity contribution is 0.853. The maximum absolute atomic E-state index is 5.19. The molecule has 0 atom stereocenters. The topological polar surface area (TPSA) is 38.0 Å². The standard InChI is InChI=1S/C4H10N2S/c1-4(5)2-6-3-7/h6-7H,1-3,5H2. The molecule has 0 aromatic rings. The van der Waals surface area contributed by atoms with E-state index in [-0.39, 0.29) is 0 Å². The van der Waals surface area contributed by atoms with Gasteiger partial charge >= 0.3 is 0 Å². The van der Waals surface area contributed by atoms with Crippen LogP contribution in [0.15, 0.2) is 12.3 Å². The van der Waals surface area contributed by atoms with Crippen molar-refractivity contribution in [2.45, 2.75) is 0 Å². The molecule has 0 aromatic carbocycles. The molecule has 0 aliphatic rings. The summed E-state index contributed by atoms with van der Waals surface area (Å²) in [6.45, 7) is 4.13. The summed E-state index contributed by atoms with van der Waals surface area (Å²) in [7, 11) is 0. The molecule has 0 aliphatic heterocycles. The van der Waals surface area contributed by atoms with Crippen LogP contribution in [0.3, 0.4) is 0 Å². The molecular formula is C4H10N2S. The largest absolute Gasteiger partial charge is 0.401 e. The van der Waals surface area contributed by atoms with E-state index >= 15 is 0 Å². The van der Waals surface area contributed by atoms with Crippen molar-refractivity contribution in [3.05, 3.63) is 12.3 Å². The fraction of sp³-hybridized carbons (Fsp3) is 0.500. The van der Waals surface area contributed by atoms with Gasteiger partial charge in [0.1, 0.15) is 0 Å². The van der Waals surface area contributed by atoms with Crippen LogP contribution >= 0.6 is 12.6 Å². The van der Waals surface area contributed by atoms with E-state index in [1.54, 1.807) is 0 Å². The van der Waals surface area contributed by atoms with Crippen molar-refractivity contribution >= 4 is 12.6 Å². The van der Waals surface area contributed by atoms with Crippen molar-refractivity contribution in [2.24, 2.45) is 5.73 Å². The highest BCUT2D eigenvalue weighted by Gasteiger charge is 1.79. The Bertz CT molecular complexity index is 62.7. The van der Waals surface area contributed by atoms with Crippen LogP contribution in [-0.4, -0.2) is 12.4 Å². The summed E-state index contributed by atoms with van der Waals surface area (Å²) in [4.78, 5) is 0. The lowest BCUT2D eigenvalue weighted by atomic mass is 10.5. The van der Waals surface area contributed by atoms with Crippen molar-refractivity contribution in [1.82, 2.24) is 5.32 Å². The lowest BCUT2D eigenvalue weighted by Gasteiger charge is -1.95. The maximum Gasteiger partial charge on any atom is 0.0390 e. The molecule has 3 N–H and O–H groups in total. The van der Waals surface area contributed by atoms with Gasteiger partial charge in [0.25, 0.3) is 0 Å². The highest BCUT2D eigenvalue weighted by Crippen LogP contribution is 1.70. The minimum atomic E-state index is 0.647. The number of nitrogens with one attached hydrogen (secondary N) is 1. The number of nitrogens with two attached hydrogens (primary N) is 1. The van der Waals surface area contributed by atoms with Crippen molar-refractivity contribution < 1.29 is 0 Å². The van der Waals surface area contributed by atoms with Crippen molar-refractivity contribution in [1.29, 1.82) is 0 Å². The number of thiol groups is 1. The van der Waals surface area contributed by atoms with E-state index < -0.39 is 0 Å². The number of rotatable bonds is 3. The summed E-state index contributed by atoms with van der Waals surface area (Å²) in [6.07, 6.45) is 0. The molecule has 0 radical (unpaired) electrons. The minimum Gasteiger partial charge on any atom is -0.401 e. The van der Waals surface area contributed by atoms with Gasteiger partial charge in [-0.3, -0.25) is 0 Å². The number of hydrogen-bond donors (Lipinski definition) is 3. The molecule has 0 saturated carbocycles. The molecule has 0 spiro atoms.